The summed E-state index contributed by atoms with van der Waals surface area (Å²) in [5.74, 6) is -1.03. The summed E-state index contributed by atoms with van der Waals surface area (Å²) >= 11 is 0. The molecule has 0 saturated heterocycles. The van der Waals surface area contributed by atoms with Crippen molar-refractivity contribution in [1.29, 1.82) is 0 Å². The van der Waals surface area contributed by atoms with E-state index in [0.717, 1.165) is 18.9 Å². The Hall–Kier alpha value is -1.66. The van der Waals surface area contributed by atoms with Crippen LogP contribution in [0.1, 0.15) is 23.2 Å². The van der Waals surface area contributed by atoms with Gasteiger partial charge in [-0.3, -0.25) is 4.79 Å². The number of methoxy groups -OCH3 is 1. The molecular formula is C14H21FN2O3. The Bertz CT molecular complexity index is 427. The number of hydrogen-bond acceptors (Lipinski definition) is 4. The average Bonchev–Trinajstić information content (AvgIpc) is 2.41. The SMILES string of the molecule is COCCOCCCCNC(=O)c1ccc(N)cc1F. The number of hydrogen-bond donors (Lipinski definition) is 2. The number of nitrogens with two attached hydrogens (primary N) is 1. The lowest BCUT2D eigenvalue weighted by atomic mass is 10.2. The molecule has 0 aliphatic heterocycles. The smallest absolute Gasteiger partial charge is 0.254 e. The van der Waals surface area contributed by atoms with E-state index < -0.39 is 11.7 Å². The summed E-state index contributed by atoms with van der Waals surface area (Å²) in [5, 5.41) is 2.66. The minimum Gasteiger partial charge on any atom is -0.399 e. The second-order valence-electron chi connectivity index (χ2n) is 4.31. The highest BCUT2D eigenvalue weighted by molar-refractivity contribution is 5.94. The number of nitrogen functional groups attached to an aromatic ring is 1. The van der Waals surface area contributed by atoms with Gasteiger partial charge < -0.3 is 20.5 Å². The largest absolute Gasteiger partial charge is 0.399 e. The molecule has 1 rings (SSSR count). The van der Waals surface area contributed by atoms with E-state index in [2.05, 4.69) is 5.32 Å². The zero-order valence-corrected chi connectivity index (χ0v) is 11.7. The second-order valence-corrected chi connectivity index (χ2v) is 4.31. The molecule has 0 spiro atoms. The van der Waals surface area contributed by atoms with Crippen molar-refractivity contribution in [3.63, 3.8) is 0 Å². The number of unbranched alkanes of at least 4 members (excludes halogenated alkanes) is 1. The Morgan fingerprint density at radius 2 is 2.10 bits per heavy atom. The fourth-order valence-corrected chi connectivity index (χ4v) is 1.59. The second kappa shape index (κ2) is 9.28. The molecule has 0 aromatic heterocycles. The summed E-state index contributed by atoms with van der Waals surface area (Å²) < 4.78 is 23.6. The van der Waals surface area contributed by atoms with E-state index in [9.17, 15) is 9.18 Å². The number of carbonyl (C=O) groups is 1. The van der Waals surface area contributed by atoms with E-state index in [0.29, 0.717) is 32.1 Å². The molecular weight excluding hydrogens is 263 g/mol. The highest BCUT2D eigenvalue weighted by Gasteiger charge is 2.10. The number of halogens is 1. The molecule has 20 heavy (non-hydrogen) atoms. The molecule has 3 N–H and O–H groups in total. The van der Waals surface area contributed by atoms with Gasteiger partial charge in [0.05, 0.1) is 18.8 Å². The summed E-state index contributed by atoms with van der Waals surface area (Å²) in [6.45, 7) is 2.25. The van der Waals surface area contributed by atoms with Gasteiger partial charge in [-0.25, -0.2) is 4.39 Å². The van der Waals surface area contributed by atoms with Gasteiger partial charge in [0.2, 0.25) is 0 Å². The molecule has 0 aliphatic carbocycles. The number of ether oxygens (including phenoxy) is 2. The van der Waals surface area contributed by atoms with Crippen molar-refractivity contribution in [2.75, 3.05) is 39.2 Å². The predicted molar refractivity (Wildman–Crippen MR) is 75.1 cm³/mol. The van der Waals surface area contributed by atoms with Crippen LogP contribution in [0.4, 0.5) is 10.1 Å². The molecule has 0 atom stereocenters. The van der Waals surface area contributed by atoms with Gasteiger partial charge in [-0.2, -0.15) is 0 Å². The first-order valence-corrected chi connectivity index (χ1v) is 6.55. The van der Waals surface area contributed by atoms with Crippen molar-refractivity contribution >= 4 is 11.6 Å². The van der Waals surface area contributed by atoms with Gasteiger partial charge in [0.25, 0.3) is 5.91 Å². The third-order valence-corrected chi connectivity index (χ3v) is 2.67. The molecule has 0 aliphatic rings. The maximum atomic E-state index is 13.5. The normalized spacial score (nSPS) is 10.5. The molecule has 5 nitrogen and oxygen atoms in total. The van der Waals surface area contributed by atoms with Crippen molar-refractivity contribution in [1.82, 2.24) is 5.32 Å². The highest BCUT2D eigenvalue weighted by atomic mass is 19.1. The lowest BCUT2D eigenvalue weighted by Crippen LogP contribution is -2.25. The Morgan fingerprint density at radius 1 is 1.30 bits per heavy atom. The molecule has 1 aromatic rings. The quantitative estimate of drug-likeness (QED) is 0.533. The molecule has 112 valence electrons. The standard InChI is InChI=1S/C14H21FN2O3/c1-19-8-9-20-7-3-2-6-17-14(18)12-5-4-11(16)10-13(12)15/h4-5,10H,2-3,6-9,16H2,1H3,(H,17,18). The number of anilines is 1. The molecule has 0 heterocycles. The van der Waals surface area contributed by atoms with Crippen molar-refractivity contribution < 1.29 is 18.7 Å². The average molecular weight is 284 g/mol. The van der Waals surface area contributed by atoms with E-state index in [4.69, 9.17) is 15.2 Å². The summed E-state index contributed by atoms with van der Waals surface area (Å²) in [6, 6.07) is 4.02. The molecule has 0 fully saturated rings. The Kier molecular flexibility index (Phi) is 7.60. The van der Waals surface area contributed by atoms with Crippen molar-refractivity contribution in [2.24, 2.45) is 0 Å². The topological polar surface area (TPSA) is 73.6 Å². The predicted octanol–water partition coefficient (Wildman–Crippen LogP) is 1.58. The molecule has 0 unspecified atom stereocenters. The monoisotopic (exact) mass is 284 g/mol. The molecule has 1 aromatic carbocycles. The summed E-state index contributed by atoms with van der Waals surface area (Å²) in [6.07, 6.45) is 1.60. The number of rotatable bonds is 9. The molecule has 0 saturated carbocycles. The van der Waals surface area contributed by atoms with Gasteiger partial charge in [0, 0.05) is 25.9 Å². The third-order valence-electron chi connectivity index (χ3n) is 2.67. The lowest BCUT2D eigenvalue weighted by Gasteiger charge is -2.07. The van der Waals surface area contributed by atoms with Crippen LogP contribution in [-0.2, 0) is 9.47 Å². The third kappa shape index (κ3) is 5.99. The molecule has 1 amide bonds. The van der Waals surface area contributed by atoms with Crippen molar-refractivity contribution in [3.8, 4) is 0 Å². The first-order chi connectivity index (χ1) is 9.65. The Morgan fingerprint density at radius 3 is 2.80 bits per heavy atom. The van der Waals surface area contributed by atoms with Gasteiger partial charge in [-0.05, 0) is 31.0 Å². The summed E-state index contributed by atoms with van der Waals surface area (Å²) in [4.78, 5) is 11.7. The van der Waals surface area contributed by atoms with Gasteiger partial charge in [0.1, 0.15) is 5.82 Å². The number of nitrogens with one attached hydrogen (secondary N) is 1. The minimum atomic E-state index is -0.606. The minimum absolute atomic E-state index is 0.00976. The summed E-state index contributed by atoms with van der Waals surface area (Å²) in [7, 11) is 1.62. The Balaban J connectivity index is 2.17. The highest BCUT2D eigenvalue weighted by Crippen LogP contribution is 2.11. The zero-order valence-electron chi connectivity index (χ0n) is 11.7. The molecule has 0 bridgehead atoms. The van der Waals surface area contributed by atoms with E-state index in [1.807, 2.05) is 0 Å². The fraction of sp³-hybridized carbons (Fsp3) is 0.500. The summed E-state index contributed by atoms with van der Waals surface area (Å²) in [5.41, 5.74) is 5.73. The van der Waals surface area contributed by atoms with Gasteiger partial charge in [-0.1, -0.05) is 0 Å². The van der Waals surface area contributed by atoms with Crippen molar-refractivity contribution in [3.05, 3.63) is 29.6 Å². The van der Waals surface area contributed by atoms with Gasteiger partial charge in [0.15, 0.2) is 0 Å². The van der Waals surface area contributed by atoms with Crippen LogP contribution < -0.4 is 11.1 Å². The number of amides is 1. The molecule has 6 heteroatoms. The number of carbonyl (C=O) groups excluding carboxylic acids is 1. The van der Waals surface area contributed by atoms with Crippen LogP contribution in [0.2, 0.25) is 0 Å². The fourth-order valence-electron chi connectivity index (χ4n) is 1.59. The van der Waals surface area contributed by atoms with Gasteiger partial charge in [-0.15, -0.1) is 0 Å². The van der Waals surface area contributed by atoms with Crippen molar-refractivity contribution in [2.45, 2.75) is 12.8 Å². The Labute approximate surface area is 118 Å². The van der Waals surface area contributed by atoms with E-state index in [1.54, 1.807) is 7.11 Å². The van der Waals surface area contributed by atoms with Crippen LogP contribution in [0.3, 0.4) is 0 Å². The van der Waals surface area contributed by atoms with Gasteiger partial charge >= 0.3 is 0 Å². The van der Waals surface area contributed by atoms with Crippen LogP contribution in [0.5, 0.6) is 0 Å². The van der Waals surface area contributed by atoms with Crippen LogP contribution in [0.15, 0.2) is 18.2 Å². The van der Waals surface area contributed by atoms with Crippen LogP contribution >= 0.6 is 0 Å². The lowest BCUT2D eigenvalue weighted by molar-refractivity contribution is 0.0686. The first-order valence-electron chi connectivity index (χ1n) is 6.55. The van der Waals surface area contributed by atoms with E-state index in [1.165, 1.54) is 12.1 Å². The van der Waals surface area contributed by atoms with Crippen LogP contribution in [0, 0.1) is 5.82 Å². The maximum absolute atomic E-state index is 13.5. The van der Waals surface area contributed by atoms with E-state index in [-0.39, 0.29) is 5.56 Å². The zero-order chi connectivity index (χ0) is 14.8. The van der Waals surface area contributed by atoms with E-state index >= 15 is 0 Å². The molecule has 0 radical (unpaired) electrons. The number of benzene rings is 1. The maximum Gasteiger partial charge on any atom is 0.254 e. The van der Waals surface area contributed by atoms with Crippen LogP contribution in [0.25, 0.3) is 0 Å². The van der Waals surface area contributed by atoms with Crippen LogP contribution in [-0.4, -0.2) is 39.4 Å². The first kappa shape index (κ1) is 16.4.